The third-order valence-electron chi connectivity index (χ3n) is 2.99. The van der Waals surface area contributed by atoms with Gasteiger partial charge in [-0.25, -0.2) is 0 Å². The molecular formula is C16H16BrClO. The molecule has 0 bridgehead atoms. The van der Waals surface area contributed by atoms with Crippen molar-refractivity contribution >= 4 is 27.5 Å². The molecule has 3 heteroatoms. The molecule has 0 spiro atoms. The topological polar surface area (TPSA) is 9.23 Å². The molecule has 2 aromatic carbocycles. The highest BCUT2D eigenvalue weighted by atomic mass is 79.9. The van der Waals surface area contributed by atoms with Gasteiger partial charge in [-0.1, -0.05) is 76.1 Å². The van der Waals surface area contributed by atoms with Gasteiger partial charge >= 0.3 is 0 Å². The molecule has 0 aliphatic carbocycles. The van der Waals surface area contributed by atoms with E-state index in [9.17, 15) is 0 Å². The van der Waals surface area contributed by atoms with E-state index in [4.69, 9.17) is 16.3 Å². The lowest BCUT2D eigenvalue weighted by atomic mass is 10.0. The van der Waals surface area contributed by atoms with Crippen molar-refractivity contribution in [2.75, 3.05) is 11.9 Å². The van der Waals surface area contributed by atoms with Gasteiger partial charge in [-0.2, -0.15) is 0 Å². The van der Waals surface area contributed by atoms with Crippen LogP contribution < -0.4 is 0 Å². The Labute approximate surface area is 127 Å². The summed E-state index contributed by atoms with van der Waals surface area (Å²) in [5, 5.41) is 1.65. The van der Waals surface area contributed by atoms with E-state index in [1.165, 1.54) is 5.56 Å². The Bertz CT molecular complexity index is 501. The van der Waals surface area contributed by atoms with Crippen LogP contribution in [0.2, 0.25) is 5.02 Å². The quantitative estimate of drug-likeness (QED) is 0.670. The molecule has 0 aliphatic heterocycles. The molecule has 100 valence electrons. The van der Waals surface area contributed by atoms with Gasteiger partial charge in [0.05, 0.1) is 13.2 Å². The normalized spacial score (nSPS) is 12.3. The lowest BCUT2D eigenvalue weighted by Crippen LogP contribution is -2.09. The Morgan fingerprint density at radius 3 is 2.37 bits per heavy atom. The third kappa shape index (κ3) is 4.34. The first-order valence-corrected chi connectivity index (χ1v) is 7.73. The van der Waals surface area contributed by atoms with Crippen molar-refractivity contribution in [2.45, 2.75) is 12.5 Å². The minimum absolute atomic E-state index is 0.365. The molecule has 0 radical (unpaired) electrons. The Morgan fingerprint density at radius 2 is 1.68 bits per heavy atom. The van der Waals surface area contributed by atoms with Gasteiger partial charge in [-0.15, -0.1) is 0 Å². The smallest absolute Gasteiger partial charge is 0.0731 e. The molecule has 0 aromatic heterocycles. The first-order chi connectivity index (χ1) is 9.31. The van der Waals surface area contributed by atoms with Gasteiger partial charge in [0.15, 0.2) is 0 Å². The van der Waals surface area contributed by atoms with E-state index in [1.54, 1.807) is 0 Å². The summed E-state index contributed by atoms with van der Waals surface area (Å²) in [4.78, 5) is 0. The first-order valence-electron chi connectivity index (χ1n) is 6.23. The summed E-state index contributed by atoms with van der Waals surface area (Å²) < 4.78 is 5.79. The van der Waals surface area contributed by atoms with Crippen molar-refractivity contribution in [1.29, 1.82) is 0 Å². The Balaban J connectivity index is 1.89. The summed E-state index contributed by atoms with van der Waals surface area (Å²) in [5.41, 5.74) is 2.32. The second kappa shape index (κ2) is 7.68. The standard InChI is InChI=1S/C16H16BrClO/c17-10-15(13-6-2-1-3-7-13)12-19-11-14-8-4-5-9-16(14)18/h1-9,15H,10-12H2. The highest BCUT2D eigenvalue weighted by Gasteiger charge is 2.10. The predicted octanol–water partition coefficient (Wildman–Crippen LogP) is 5.04. The molecule has 2 aromatic rings. The number of benzene rings is 2. The molecule has 1 atom stereocenters. The summed E-state index contributed by atoms with van der Waals surface area (Å²) in [5.74, 6) is 0.365. The minimum Gasteiger partial charge on any atom is -0.376 e. The lowest BCUT2D eigenvalue weighted by Gasteiger charge is -2.15. The van der Waals surface area contributed by atoms with Crippen LogP contribution >= 0.6 is 27.5 Å². The summed E-state index contributed by atoms with van der Waals surface area (Å²) in [6, 6.07) is 18.2. The minimum atomic E-state index is 0.365. The van der Waals surface area contributed by atoms with Crippen LogP contribution in [-0.2, 0) is 11.3 Å². The Hall–Kier alpha value is -0.830. The zero-order valence-electron chi connectivity index (χ0n) is 10.6. The van der Waals surface area contributed by atoms with Crippen LogP contribution in [0.25, 0.3) is 0 Å². The van der Waals surface area contributed by atoms with Gasteiger partial charge in [0.2, 0.25) is 0 Å². The Kier molecular flexibility index (Phi) is 5.90. The number of rotatable bonds is 6. The SMILES string of the molecule is Clc1ccccc1COCC(CBr)c1ccccc1. The van der Waals surface area contributed by atoms with E-state index in [1.807, 2.05) is 30.3 Å². The van der Waals surface area contributed by atoms with Crippen LogP contribution in [0.3, 0.4) is 0 Å². The second-order valence-electron chi connectivity index (χ2n) is 4.37. The van der Waals surface area contributed by atoms with E-state index >= 15 is 0 Å². The van der Waals surface area contributed by atoms with Crippen molar-refractivity contribution in [1.82, 2.24) is 0 Å². The maximum absolute atomic E-state index is 6.10. The van der Waals surface area contributed by atoms with Gasteiger partial charge in [-0.05, 0) is 17.2 Å². The fraction of sp³-hybridized carbons (Fsp3) is 0.250. The van der Waals surface area contributed by atoms with Gasteiger partial charge in [0.1, 0.15) is 0 Å². The highest BCUT2D eigenvalue weighted by Crippen LogP contribution is 2.20. The van der Waals surface area contributed by atoms with Gasteiger partial charge in [-0.3, -0.25) is 0 Å². The molecule has 2 rings (SSSR count). The van der Waals surface area contributed by atoms with Crippen molar-refractivity contribution in [3.05, 3.63) is 70.7 Å². The van der Waals surface area contributed by atoms with Gasteiger partial charge < -0.3 is 4.74 Å². The molecule has 1 nitrogen and oxygen atoms in total. The summed E-state index contributed by atoms with van der Waals surface area (Å²) >= 11 is 9.65. The summed E-state index contributed by atoms with van der Waals surface area (Å²) in [6.45, 7) is 1.23. The van der Waals surface area contributed by atoms with Crippen molar-refractivity contribution < 1.29 is 4.74 Å². The molecule has 0 amide bonds. The zero-order chi connectivity index (χ0) is 13.5. The second-order valence-corrected chi connectivity index (χ2v) is 5.42. The monoisotopic (exact) mass is 338 g/mol. The summed E-state index contributed by atoms with van der Waals surface area (Å²) in [6.07, 6.45) is 0. The van der Waals surface area contributed by atoms with Crippen LogP contribution in [0.1, 0.15) is 17.0 Å². The average molecular weight is 340 g/mol. The number of hydrogen-bond donors (Lipinski definition) is 0. The van der Waals surface area contributed by atoms with Gasteiger partial charge in [0, 0.05) is 16.3 Å². The molecule has 0 heterocycles. The van der Waals surface area contributed by atoms with E-state index in [2.05, 4.69) is 40.2 Å². The number of hydrogen-bond acceptors (Lipinski definition) is 1. The van der Waals surface area contributed by atoms with E-state index in [-0.39, 0.29) is 0 Å². The van der Waals surface area contributed by atoms with Crippen LogP contribution in [-0.4, -0.2) is 11.9 Å². The molecule has 0 saturated carbocycles. The van der Waals surface area contributed by atoms with Gasteiger partial charge in [0.25, 0.3) is 0 Å². The van der Waals surface area contributed by atoms with E-state index < -0.39 is 0 Å². The Morgan fingerprint density at radius 1 is 1.00 bits per heavy atom. The lowest BCUT2D eigenvalue weighted by molar-refractivity contribution is 0.111. The fourth-order valence-electron chi connectivity index (χ4n) is 1.88. The number of ether oxygens (including phenoxy) is 1. The maximum atomic E-state index is 6.10. The molecular weight excluding hydrogens is 324 g/mol. The van der Waals surface area contributed by atoms with E-state index in [0.717, 1.165) is 15.9 Å². The zero-order valence-corrected chi connectivity index (χ0v) is 12.9. The first kappa shape index (κ1) is 14.6. The van der Waals surface area contributed by atoms with Crippen molar-refractivity contribution in [3.8, 4) is 0 Å². The molecule has 0 fully saturated rings. The van der Waals surface area contributed by atoms with Crippen molar-refractivity contribution in [3.63, 3.8) is 0 Å². The number of alkyl halides is 1. The maximum Gasteiger partial charge on any atom is 0.0731 e. The third-order valence-corrected chi connectivity index (χ3v) is 4.14. The molecule has 0 saturated heterocycles. The molecule has 0 aliphatic rings. The largest absolute Gasteiger partial charge is 0.376 e. The molecule has 0 N–H and O–H groups in total. The fourth-order valence-corrected chi connectivity index (χ4v) is 2.63. The average Bonchev–Trinajstić information content (AvgIpc) is 2.46. The molecule has 1 unspecified atom stereocenters. The van der Waals surface area contributed by atoms with Crippen molar-refractivity contribution in [2.24, 2.45) is 0 Å². The van der Waals surface area contributed by atoms with E-state index in [0.29, 0.717) is 19.1 Å². The number of halogens is 2. The van der Waals surface area contributed by atoms with Crippen LogP contribution in [0.15, 0.2) is 54.6 Å². The summed E-state index contributed by atoms with van der Waals surface area (Å²) in [7, 11) is 0. The predicted molar refractivity (Wildman–Crippen MR) is 84.1 cm³/mol. The molecule has 19 heavy (non-hydrogen) atoms. The van der Waals surface area contributed by atoms with Crippen LogP contribution in [0.5, 0.6) is 0 Å². The highest BCUT2D eigenvalue weighted by molar-refractivity contribution is 9.09. The van der Waals surface area contributed by atoms with Crippen LogP contribution in [0.4, 0.5) is 0 Å². The van der Waals surface area contributed by atoms with Crippen LogP contribution in [0, 0.1) is 0 Å².